The minimum atomic E-state index is 0.879. The number of nitrogens with zero attached hydrogens (tertiary/aromatic N) is 1. The highest BCUT2D eigenvalue weighted by Crippen LogP contribution is 2.28. The monoisotopic (exact) mass is 312 g/mol. The summed E-state index contributed by atoms with van der Waals surface area (Å²) in [5.41, 5.74) is 4.26. The van der Waals surface area contributed by atoms with Gasteiger partial charge in [-0.3, -0.25) is 0 Å². The summed E-state index contributed by atoms with van der Waals surface area (Å²) in [6.07, 6.45) is 11.0. The van der Waals surface area contributed by atoms with Gasteiger partial charge in [0, 0.05) is 12.7 Å². The number of aryl methyl sites for hydroxylation is 1. The molecule has 1 aliphatic carbocycles. The maximum absolute atomic E-state index is 4.56. The Morgan fingerprint density at radius 2 is 2.14 bits per heavy atom. The van der Waals surface area contributed by atoms with Crippen LogP contribution < -0.4 is 5.32 Å². The van der Waals surface area contributed by atoms with E-state index in [0.29, 0.717) is 0 Å². The molecule has 3 rings (SSSR count). The third kappa shape index (κ3) is 4.05. The molecule has 0 unspecified atom stereocenters. The van der Waals surface area contributed by atoms with Crippen LogP contribution in [0.5, 0.6) is 0 Å². The van der Waals surface area contributed by atoms with Crippen molar-refractivity contribution >= 4 is 11.3 Å². The molecule has 0 fully saturated rings. The first-order chi connectivity index (χ1) is 10.8. The van der Waals surface area contributed by atoms with E-state index in [1.54, 1.807) is 16.9 Å². The molecule has 0 atom stereocenters. The predicted octanol–water partition coefficient (Wildman–Crippen LogP) is 5.10. The SMILES string of the molecule is Cc1ccccc1-c1cnc(CNCCC2=CCCCC2)s1. The summed E-state index contributed by atoms with van der Waals surface area (Å²) in [6.45, 7) is 4.10. The maximum atomic E-state index is 4.56. The fraction of sp³-hybridized carbons (Fsp3) is 0.421. The van der Waals surface area contributed by atoms with Crippen LogP contribution in [0, 0.1) is 6.92 Å². The molecule has 116 valence electrons. The van der Waals surface area contributed by atoms with Crippen molar-refractivity contribution in [2.24, 2.45) is 0 Å². The number of allylic oxidation sites excluding steroid dienone is 1. The minimum absolute atomic E-state index is 0.879. The van der Waals surface area contributed by atoms with Gasteiger partial charge in [-0.05, 0) is 56.7 Å². The highest BCUT2D eigenvalue weighted by Gasteiger charge is 2.07. The summed E-state index contributed by atoms with van der Waals surface area (Å²) < 4.78 is 0. The van der Waals surface area contributed by atoms with Gasteiger partial charge < -0.3 is 5.32 Å². The van der Waals surface area contributed by atoms with Crippen molar-refractivity contribution in [1.82, 2.24) is 10.3 Å². The van der Waals surface area contributed by atoms with Gasteiger partial charge in [-0.1, -0.05) is 35.9 Å². The van der Waals surface area contributed by atoms with Crippen LogP contribution in [0.25, 0.3) is 10.4 Å². The number of thiazole rings is 1. The largest absolute Gasteiger partial charge is 0.310 e. The lowest BCUT2D eigenvalue weighted by Gasteiger charge is -2.12. The summed E-state index contributed by atoms with van der Waals surface area (Å²) in [7, 11) is 0. The second-order valence-electron chi connectivity index (χ2n) is 5.97. The van der Waals surface area contributed by atoms with Crippen LogP contribution in [0.4, 0.5) is 0 Å². The summed E-state index contributed by atoms with van der Waals surface area (Å²) >= 11 is 1.80. The molecule has 0 aliphatic heterocycles. The van der Waals surface area contributed by atoms with Crippen LogP contribution in [0.1, 0.15) is 42.7 Å². The van der Waals surface area contributed by atoms with Crippen molar-refractivity contribution in [2.75, 3.05) is 6.54 Å². The van der Waals surface area contributed by atoms with E-state index >= 15 is 0 Å². The van der Waals surface area contributed by atoms with Crippen molar-refractivity contribution in [3.05, 3.63) is 52.7 Å². The molecule has 1 aliphatic rings. The van der Waals surface area contributed by atoms with Gasteiger partial charge in [0.25, 0.3) is 0 Å². The third-order valence-corrected chi connectivity index (χ3v) is 5.28. The van der Waals surface area contributed by atoms with Gasteiger partial charge in [0.05, 0.1) is 4.88 Å². The van der Waals surface area contributed by atoms with E-state index in [4.69, 9.17) is 0 Å². The Bertz CT molecular complexity index is 642. The molecule has 0 saturated heterocycles. The average Bonchev–Trinajstić information content (AvgIpc) is 3.02. The number of benzene rings is 1. The molecule has 0 amide bonds. The zero-order valence-electron chi connectivity index (χ0n) is 13.3. The lowest BCUT2D eigenvalue weighted by molar-refractivity contribution is 0.631. The van der Waals surface area contributed by atoms with Crippen molar-refractivity contribution in [1.29, 1.82) is 0 Å². The first-order valence-corrected chi connectivity index (χ1v) is 9.04. The molecule has 2 aromatic rings. The highest BCUT2D eigenvalue weighted by atomic mass is 32.1. The average molecular weight is 312 g/mol. The van der Waals surface area contributed by atoms with Gasteiger partial charge in [0.1, 0.15) is 5.01 Å². The molecule has 2 nitrogen and oxygen atoms in total. The molecule has 1 aromatic carbocycles. The van der Waals surface area contributed by atoms with E-state index in [9.17, 15) is 0 Å². The van der Waals surface area contributed by atoms with Crippen LogP contribution >= 0.6 is 11.3 Å². The zero-order valence-corrected chi connectivity index (χ0v) is 14.1. The Kier molecular flexibility index (Phi) is 5.41. The van der Waals surface area contributed by atoms with Gasteiger partial charge in [0.15, 0.2) is 0 Å². The topological polar surface area (TPSA) is 24.9 Å². The molecular weight excluding hydrogens is 288 g/mol. The number of hydrogen-bond acceptors (Lipinski definition) is 3. The van der Waals surface area contributed by atoms with Crippen LogP contribution in [-0.2, 0) is 6.54 Å². The van der Waals surface area contributed by atoms with Crippen LogP contribution in [-0.4, -0.2) is 11.5 Å². The van der Waals surface area contributed by atoms with E-state index < -0.39 is 0 Å². The van der Waals surface area contributed by atoms with Crippen molar-refractivity contribution in [3.63, 3.8) is 0 Å². The normalized spacial score (nSPS) is 14.9. The summed E-state index contributed by atoms with van der Waals surface area (Å²) in [5.74, 6) is 0. The number of nitrogens with one attached hydrogen (secondary N) is 1. The molecule has 0 spiro atoms. The molecule has 3 heteroatoms. The smallest absolute Gasteiger partial charge is 0.107 e. The zero-order chi connectivity index (χ0) is 15.2. The summed E-state index contributed by atoms with van der Waals surface area (Å²) in [4.78, 5) is 5.83. The van der Waals surface area contributed by atoms with Crippen molar-refractivity contribution in [2.45, 2.75) is 45.6 Å². The van der Waals surface area contributed by atoms with E-state index in [1.165, 1.54) is 53.1 Å². The van der Waals surface area contributed by atoms with Crippen LogP contribution in [0.15, 0.2) is 42.1 Å². The predicted molar refractivity (Wildman–Crippen MR) is 95.2 cm³/mol. The third-order valence-electron chi connectivity index (χ3n) is 4.25. The molecule has 22 heavy (non-hydrogen) atoms. The summed E-state index contributed by atoms with van der Waals surface area (Å²) in [6, 6.07) is 8.51. The highest BCUT2D eigenvalue weighted by molar-refractivity contribution is 7.15. The van der Waals surface area contributed by atoms with Gasteiger partial charge in [-0.25, -0.2) is 4.98 Å². The fourth-order valence-electron chi connectivity index (χ4n) is 2.94. The first kappa shape index (κ1) is 15.4. The Morgan fingerprint density at radius 1 is 1.23 bits per heavy atom. The quantitative estimate of drug-likeness (QED) is 0.593. The maximum Gasteiger partial charge on any atom is 0.107 e. The van der Waals surface area contributed by atoms with E-state index in [1.807, 2.05) is 6.20 Å². The first-order valence-electron chi connectivity index (χ1n) is 8.22. The Labute approximate surface area is 137 Å². The molecule has 1 aromatic heterocycles. The van der Waals surface area contributed by atoms with E-state index in [-0.39, 0.29) is 0 Å². The van der Waals surface area contributed by atoms with Gasteiger partial charge in [0.2, 0.25) is 0 Å². The standard InChI is InChI=1S/C19H24N2S/c1-15-7-5-6-10-17(15)18-13-21-19(22-18)14-20-12-11-16-8-3-2-4-9-16/h5-8,10,13,20H,2-4,9,11-12,14H2,1H3. The van der Waals surface area contributed by atoms with Crippen molar-refractivity contribution in [3.8, 4) is 10.4 Å². The summed E-state index contributed by atoms with van der Waals surface area (Å²) in [5, 5.41) is 4.71. The van der Waals surface area contributed by atoms with Gasteiger partial charge >= 0.3 is 0 Å². The van der Waals surface area contributed by atoms with E-state index in [2.05, 4.69) is 47.6 Å². The molecule has 0 saturated carbocycles. The number of rotatable bonds is 6. The Morgan fingerprint density at radius 3 is 2.95 bits per heavy atom. The van der Waals surface area contributed by atoms with Gasteiger partial charge in [-0.15, -0.1) is 11.3 Å². The van der Waals surface area contributed by atoms with Crippen LogP contribution in [0.2, 0.25) is 0 Å². The minimum Gasteiger partial charge on any atom is -0.310 e. The molecular formula is C19H24N2S. The van der Waals surface area contributed by atoms with E-state index in [0.717, 1.165) is 13.1 Å². The fourth-order valence-corrected chi connectivity index (χ4v) is 3.92. The Balaban J connectivity index is 1.50. The number of aromatic nitrogens is 1. The van der Waals surface area contributed by atoms with Crippen LogP contribution in [0.3, 0.4) is 0 Å². The lowest BCUT2D eigenvalue weighted by atomic mass is 9.97. The Hall–Kier alpha value is -1.45. The second-order valence-corrected chi connectivity index (χ2v) is 7.08. The molecule has 1 heterocycles. The molecule has 0 radical (unpaired) electrons. The number of hydrogen-bond donors (Lipinski definition) is 1. The lowest BCUT2D eigenvalue weighted by Crippen LogP contribution is -2.15. The molecule has 1 N–H and O–H groups in total. The molecule has 0 bridgehead atoms. The van der Waals surface area contributed by atoms with Gasteiger partial charge in [-0.2, -0.15) is 0 Å². The second kappa shape index (κ2) is 7.70. The van der Waals surface area contributed by atoms with Crippen molar-refractivity contribution < 1.29 is 0 Å².